The predicted molar refractivity (Wildman–Crippen MR) is 182 cm³/mol. The third-order valence-corrected chi connectivity index (χ3v) is 8.66. The third kappa shape index (κ3) is 6.43. The van der Waals surface area contributed by atoms with Crippen LogP contribution in [0.1, 0.15) is 49.5 Å². The molecule has 5 aromatic rings. The van der Waals surface area contributed by atoms with Crippen LogP contribution in [-0.4, -0.2) is 74.1 Å². The van der Waals surface area contributed by atoms with E-state index >= 15 is 0 Å². The molecule has 12 heteroatoms. The molecule has 1 fully saturated rings. The number of aromatic nitrogens is 4. The van der Waals surface area contributed by atoms with Crippen LogP contribution in [-0.2, 0) is 11.3 Å². The van der Waals surface area contributed by atoms with Gasteiger partial charge in [-0.1, -0.05) is 41.9 Å². The van der Waals surface area contributed by atoms with Gasteiger partial charge in [0.05, 0.1) is 54.9 Å². The highest BCUT2D eigenvalue weighted by molar-refractivity contribution is 6.36. The van der Waals surface area contributed by atoms with Gasteiger partial charge in [0.2, 0.25) is 5.88 Å². The summed E-state index contributed by atoms with van der Waals surface area (Å²) < 4.78 is 18.4. The number of carbonyl (C=O) groups excluding carboxylic acids is 2. The van der Waals surface area contributed by atoms with E-state index in [9.17, 15) is 14.7 Å². The Bertz CT molecular complexity index is 2000. The summed E-state index contributed by atoms with van der Waals surface area (Å²) >= 11 is 7.12. The molecule has 1 aliphatic carbocycles. The number of benzene rings is 2. The van der Waals surface area contributed by atoms with Crippen LogP contribution in [0.3, 0.4) is 0 Å². The van der Waals surface area contributed by atoms with E-state index in [4.69, 9.17) is 30.8 Å². The van der Waals surface area contributed by atoms with Gasteiger partial charge in [0.1, 0.15) is 11.4 Å². The summed E-state index contributed by atoms with van der Waals surface area (Å²) in [5.74, 6) is 1.26. The number of carbonyl (C=O) groups is 2. The number of amides is 1. The smallest absolute Gasteiger partial charge is 0.410 e. The van der Waals surface area contributed by atoms with Crippen LogP contribution < -0.4 is 9.47 Å². The maximum absolute atomic E-state index is 13.2. The molecule has 0 atom stereocenters. The molecular weight excluding hydrogens is 634 g/mol. The second-order valence-corrected chi connectivity index (χ2v) is 13.0. The molecule has 0 bridgehead atoms. The molecular formula is C36H36ClN5O6. The molecule has 1 N–H and O–H groups in total. The van der Waals surface area contributed by atoms with Gasteiger partial charge in [-0.2, -0.15) is 5.10 Å². The molecule has 248 valence electrons. The third-order valence-electron chi connectivity index (χ3n) is 8.25. The standard InChI is InChI=1S/C36H36ClN5O6/c1-36(2,3)48-35(45)41(23-14-24(44)15-23)19-21-12-13-29(40-34(21)47-5)27-10-6-9-26(33(27)37)25-8-7-11-30-28(25)18-39-42(30)32-16-31(46-4)22(20-43)17-38-32/h6-13,16-18,20,23-24,44H,14-15,19H2,1-5H3/t23-,24+. The number of aliphatic hydroxyl groups is 1. The van der Waals surface area contributed by atoms with Gasteiger partial charge in [-0.25, -0.2) is 19.4 Å². The van der Waals surface area contributed by atoms with Crippen molar-refractivity contribution in [3.63, 3.8) is 0 Å². The molecule has 3 heterocycles. The number of rotatable bonds is 9. The second-order valence-electron chi connectivity index (χ2n) is 12.6. The molecule has 0 saturated heterocycles. The van der Waals surface area contributed by atoms with Crippen molar-refractivity contribution in [2.24, 2.45) is 0 Å². The van der Waals surface area contributed by atoms with Crippen LogP contribution in [0.15, 0.2) is 67.0 Å². The van der Waals surface area contributed by atoms with E-state index < -0.39 is 17.8 Å². The topological polar surface area (TPSA) is 129 Å². The van der Waals surface area contributed by atoms with Gasteiger partial charge in [-0.15, -0.1) is 0 Å². The number of aliphatic hydroxyl groups excluding tert-OH is 1. The lowest BCUT2D eigenvalue weighted by atomic mass is 9.88. The van der Waals surface area contributed by atoms with Crippen molar-refractivity contribution < 1.29 is 28.9 Å². The van der Waals surface area contributed by atoms with Crippen molar-refractivity contribution in [1.82, 2.24) is 24.6 Å². The van der Waals surface area contributed by atoms with E-state index in [0.29, 0.717) is 64.0 Å². The quantitative estimate of drug-likeness (QED) is 0.167. The molecule has 0 radical (unpaired) electrons. The summed E-state index contributed by atoms with van der Waals surface area (Å²) in [5, 5.41) is 15.9. The first-order chi connectivity index (χ1) is 23.0. The first-order valence-corrected chi connectivity index (χ1v) is 15.9. The van der Waals surface area contributed by atoms with Crippen LogP contribution >= 0.6 is 11.6 Å². The van der Waals surface area contributed by atoms with E-state index in [0.717, 1.165) is 22.0 Å². The summed E-state index contributed by atoms with van der Waals surface area (Å²) in [7, 11) is 3.03. The number of pyridine rings is 2. The van der Waals surface area contributed by atoms with E-state index in [2.05, 4.69) is 10.1 Å². The van der Waals surface area contributed by atoms with Crippen LogP contribution in [0, 0.1) is 0 Å². The molecule has 1 aliphatic rings. The van der Waals surface area contributed by atoms with Crippen LogP contribution in [0.25, 0.3) is 39.1 Å². The van der Waals surface area contributed by atoms with Crippen molar-refractivity contribution in [2.75, 3.05) is 14.2 Å². The van der Waals surface area contributed by atoms with Crippen molar-refractivity contribution in [3.8, 4) is 39.8 Å². The average molecular weight is 670 g/mol. The van der Waals surface area contributed by atoms with Crippen LogP contribution in [0.5, 0.6) is 11.6 Å². The molecule has 0 spiro atoms. The molecule has 3 aromatic heterocycles. The maximum atomic E-state index is 13.2. The lowest BCUT2D eigenvalue weighted by Gasteiger charge is -2.41. The highest BCUT2D eigenvalue weighted by atomic mass is 35.5. The minimum Gasteiger partial charge on any atom is -0.496 e. The highest BCUT2D eigenvalue weighted by Crippen LogP contribution is 2.40. The fourth-order valence-electron chi connectivity index (χ4n) is 5.80. The number of aldehydes is 1. The molecule has 2 aromatic carbocycles. The zero-order valence-corrected chi connectivity index (χ0v) is 28.1. The first kappa shape index (κ1) is 32.9. The monoisotopic (exact) mass is 669 g/mol. The Kier molecular flexibility index (Phi) is 9.09. The summed E-state index contributed by atoms with van der Waals surface area (Å²) in [5.41, 5.74) is 4.11. The van der Waals surface area contributed by atoms with Crippen molar-refractivity contribution in [3.05, 3.63) is 83.1 Å². The van der Waals surface area contributed by atoms with E-state index in [1.54, 1.807) is 21.8 Å². The van der Waals surface area contributed by atoms with Crippen molar-refractivity contribution in [2.45, 2.75) is 57.9 Å². The normalized spacial score (nSPS) is 15.9. The van der Waals surface area contributed by atoms with Gasteiger partial charge < -0.3 is 24.2 Å². The first-order valence-electron chi connectivity index (χ1n) is 15.5. The number of fused-ring (bicyclic) bond motifs is 1. The number of halogens is 1. The predicted octanol–water partition coefficient (Wildman–Crippen LogP) is 6.89. The SMILES string of the molecule is COc1cc(-n2ncc3c(-c4cccc(-c5ccc(CN(C(=O)OC(C)(C)C)[C@H]6C[C@@H](O)C6)c(OC)n5)c4Cl)cccc32)ncc1C=O. The van der Waals surface area contributed by atoms with E-state index in [-0.39, 0.29) is 12.6 Å². The van der Waals surface area contributed by atoms with Crippen LogP contribution in [0.4, 0.5) is 4.79 Å². The summed E-state index contributed by atoms with van der Waals surface area (Å²) in [4.78, 5) is 35.4. The number of methoxy groups -OCH3 is 2. The van der Waals surface area contributed by atoms with Gasteiger partial charge >= 0.3 is 6.09 Å². The Labute approximate surface area is 283 Å². The fraction of sp³-hybridized carbons (Fsp3) is 0.306. The van der Waals surface area contributed by atoms with Gasteiger partial charge in [0.25, 0.3) is 0 Å². The second kappa shape index (κ2) is 13.2. The number of nitrogens with zero attached hydrogens (tertiary/aromatic N) is 5. The largest absolute Gasteiger partial charge is 0.496 e. The Hall–Kier alpha value is -5.00. The van der Waals surface area contributed by atoms with Gasteiger partial charge in [-0.3, -0.25) is 4.79 Å². The number of hydrogen-bond donors (Lipinski definition) is 1. The van der Waals surface area contributed by atoms with Crippen molar-refractivity contribution in [1.29, 1.82) is 0 Å². The Morgan fingerprint density at radius 3 is 2.46 bits per heavy atom. The lowest BCUT2D eigenvalue weighted by molar-refractivity contribution is -0.0271. The lowest BCUT2D eigenvalue weighted by Crippen LogP contribution is -2.50. The van der Waals surface area contributed by atoms with E-state index in [1.807, 2.05) is 69.3 Å². The minimum atomic E-state index is -0.665. The van der Waals surface area contributed by atoms with Gasteiger partial charge in [0.15, 0.2) is 12.1 Å². The maximum Gasteiger partial charge on any atom is 0.410 e. The molecule has 0 unspecified atom stereocenters. The minimum absolute atomic E-state index is 0.147. The zero-order chi connectivity index (χ0) is 34.2. The fourth-order valence-corrected chi connectivity index (χ4v) is 6.13. The molecule has 1 saturated carbocycles. The Morgan fingerprint density at radius 1 is 1.04 bits per heavy atom. The number of hydrogen-bond acceptors (Lipinski definition) is 9. The Morgan fingerprint density at radius 2 is 1.77 bits per heavy atom. The summed E-state index contributed by atoms with van der Waals surface area (Å²) in [6.07, 6.45) is 3.98. The molecule has 6 rings (SSSR count). The molecule has 11 nitrogen and oxygen atoms in total. The van der Waals surface area contributed by atoms with Gasteiger partial charge in [-0.05, 0) is 57.4 Å². The summed E-state index contributed by atoms with van der Waals surface area (Å²) in [6.45, 7) is 5.68. The highest BCUT2D eigenvalue weighted by Gasteiger charge is 2.37. The molecule has 1 amide bonds. The van der Waals surface area contributed by atoms with Crippen molar-refractivity contribution >= 4 is 34.9 Å². The van der Waals surface area contributed by atoms with Gasteiger partial charge in [0, 0.05) is 40.4 Å². The summed E-state index contributed by atoms with van der Waals surface area (Å²) in [6, 6.07) is 16.8. The number of ether oxygens (including phenoxy) is 3. The molecule has 48 heavy (non-hydrogen) atoms. The Balaban J connectivity index is 1.33. The van der Waals surface area contributed by atoms with E-state index in [1.165, 1.54) is 20.4 Å². The van der Waals surface area contributed by atoms with Crippen LogP contribution in [0.2, 0.25) is 5.02 Å². The zero-order valence-electron chi connectivity index (χ0n) is 27.3. The molecule has 0 aliphatic heterocycles. The average Bonchev–Trinajstić information content (AvgIpc) is 3.49.